The first-order valence-electron chi connectivity index (χ1n) is 10.7. The van der Waals surface area contributed by atoms with Gasteiger partial charge in [0.1, 0.15) is 5.82 Å². The largest absolute Gasteiger partial charge is 0.396 e. The lowest BCUT2D eigenvalue weighted by Crippen LogP contribution is -2.40. The Morgan fingerprint density at radius 2 is 2.00 bits per heavy atom. The quantitative estimate of drug-likeness (QED) is 0.677. The Kier molecular flexibility index (Phi) is 6.10. The number of halogens is 1. The molecule has 0 atom stereocenters. The predicted molar refractivity (Wildman–Crippen MR) is 121 cm³/mol. The number of aryl methyl sites for hydroxylation is 1. The first-order valence-corrected chi connectivity index (χ1v) is 10.7. The van der Waals surface area contributed by atoms with Gasteiger partial charge in [-0.25, -0.2) is 9.78 Å². The van der Waals surface area contributed by atoms with Crippen molar-refractivity contribution in [1.29, 1.82) is 0 Å². The highest BCUT2D eigenvalue weighted by Gasteiger charge is 2.24. The van der Waals surface area contributed by atoms with E-state index in [1.807, 2.05) is 0 Å². The molecule has 166 valence electrons. The van der Waals surface area contributed by atoms with Crippen LogP contribution in [0.1, 0.15) is 38.4 Å². The maximum absolute atomic E-state index is 13.4. The average Bonchev–Trinajstić information content (AvgIpc) is 3.18. The zero-order valence-electron chi connectivity index (χ0n) is 18.2. The smallest absolute Gasteiger partial charge is 0.332 e. The van der Waals surface area contributed by atoms with Crippen molar-refractivity contribution in [1.82, 2.24) is 18.7 Å². The molecule has 7 nitrogen and oxygen atoms in total. The molecule has 0 bridgehead atoms. The lowest BCUT2D eigenvalue weighted by molar-refractivity contribution is 0.277. The first kappa shape index (κ1) is 21.8. The predicted octanol–water partition coefficient (Wildman–Crippen LogP) is 2.90. The number of allylic oxidation sites excluding steroid dienone is 8. The molecule has 32 heavy (non-hydrogen) atoms. The van der Waals surface area contributed by atoms with Gasteiger partial charge in [-0.2, -0.15) is 4.39 Å². The Balaban J connectivity index is 2.05. The fraction of sp³-hybridized carbons (Fsp3) is 0.375. The molecule has 0 amide bonds. The summed E-state index contributed by atoms with van der Waals surface area (Å²) in [5.74, 6) is 0.123. The molecule has 0 spiro atoms. The molecule has 4 rings (SSSR count). The van der Waals surface area contributed by atoms with Crippen molar-refractivity contribution in [2.75, 3.05) is 6.61 Å². The molecule has 2 aromatic rings. The highest BCUT2D eigenvalue weighted by Crippen LogP contribution is 2.31. The van der Waals surface area contributed by atoms with Crippen LogP contribution in [0.25, 0.3) is 16.7 Å². The van der Waals surface area contributed by atoms with Crippen molar-refractivity contribution >= 4 is 16.7 Å². The van der Waals surface area contributed by atoms with Crippen LogP contribution in [0, 0.1) is 0 Å². The Labute approximate surface area is 184 Å². The van der Waals surface area contributed by atoms with E-state index >= 15 is 0 Å². The summed E-state index contributed by atoms with van der Waals surface area (Å²) in [5.41, 5.74) is 7.73. The second kappa shape index (κ2) is 8.97. The molecule has 0 aromatic carbocycles. The monoisotopic (exact) mass is 436 g/mol. The molecule has 0 radical (unpaired) electrons. The van der Waals surface area contributed by atoms with Gasteiger partial charge in [-0.3, -0.25) is 13.9 Å². The van der Waals surface area contributed by atoms with Gasteiger partial charge in [0, 0.05) is 25.8 Å². The average molecular weight is 436 g/mol. The van der Waals surface area contributed by atoms with Crippen LogP contribution < -0.4 is 11.2 Å². The maximum atomic E-state index is 13.4. The Morgan fingerprint density at radius 3 is 2.69 bits per heavy atom. The molecule has 0 saturated heterocycles. The molecule has 2 aliphatic carbocycles. The summed E-state index contributed by atoms with van der Waals surface area (Å²) in [4.78, 5) is 31.0. The minimum atomic E-state index is -0.508. The van der Waals surface area contributed by atoms with Crippen LogP contribution in [0.15, 0.2) is 62.3 Å². The summed E-state index contributed by atoms with van der Waals surface area (Å²) in [6, 6.07) is 0. The second-order valence-electron chi connectivity index (χ2n) is 7.82. The second-order valence-corrected chi connectivity index (χ2v) is 7.82. The van der Waals surface area contributed by atoms with E-state index in [0.717, 1.165) is 35.0 Å². The fourth-order valence-electron chi connectivity index (χ4n) is 4.14. The van der Waals surface area contributed by atoms with Crippen molar-refractivity contribution in [2.45, 2.75) is 45.7 Å². The third kappa shape index (κ3) is 3.80. The molecule has 2 aliphatic rings. The van der Waals surface area contributed by atoms with Crippen molar-refractivity contribution in [3.05, 3.63) is 79.4 Å². The van der Waals surface area contributed by atoms with E-state index in [1.54, 1.807) is 17.7 Å². The summed E-state index contributed by atoms with van der Waals surface area (Å²) in [6.45, 7) is 2.29. The van der Waals surface area contributed by atoms with Gasteiger partial charge < -0.3 is 9.67 Å². The standard InChI is InChI=1S/C24H25FN4O3/c1-3-17-7-4-5-8-19(17)21-26-22-20(29(21)15-16-9-11-18(25)12-10-16)23(31)28(13-6-14-30)24(32)27(22)2/h4,7,9,11,30H,3,5-6,8,13-15H2,1-2H3. The van der Waals surface area contributed by atoms with Gasteiger partial charge in [0.05, 0.1) is 6.54 Å². The van der Waals surface area contributed by atoms with Gasteiger partial charge in [-0.1, -0.05) is 24.8 Å². The van der Waals surface area contributed by atoms with E-state index in [2.05, 4.69) is 30.5 Å². The zero-order valence-corrected chi connectivity index (χ0v) is 18.2. The Morgan fingerprint density at radius 1 is 1.19 bits per heavy atom. The fourth-order valence-corrected chi connectivity index (χ4v) is 4.14. The van der Waals surface area contributed by atoms with Crippen LogP contribution in [0.4, 0.5) is 4.39 Å². The molecule has 0 aliphatic heterocycles. The van der Waals surface area contributed by atoms with E-state index < -0.39 is 17.1 Å². The lowest BCUT2D eigenvalue weighted by atomic mass is 9.95. The minimum absolute atomic E-state index is 0.112. The molecule has 0 unspecified atom stereocenters. The number of hydrogen-bond acceptors (Lipinski definition) is 4. The Hall–Kier alpha value is -3.44. The molecule has 2 aromatic heterocycles. The van der Waals surface area contributed by atoms with Gasteiger partial charge in [0.2, 0.25) is 0 Å². The number of nitrogens with zero attached hydrogens (tertiary/aromatic N) is 4. The molecule has 0 saturated carbocycles. The molecule has 2 heterocycles. The lowest BCUT2D eigenvalue weighted by Gasteiger charge is -2.17. The van der Waals surface area contributed by atoms with E-state index in [4.69, 9.17) is 4.98 Å². The molecular formula is C24H25FN4O3. The van der Waals surface area contributed by atoms with Gasteiger partial charge in [-0.15, -0.1) is 0 Å². The summed E-state index contributed by atoms with van der Waals surface area (Å²) >= 11 is 0. The summed E-state index contributed by atoms with van der Waals surface area (Å²) in [5, 5.41) is 9.20. The summed E-state index contributed by atoms with van der Waals surface area (Å²) < 4.78 is 17.7. The van der Waals surface area contributed by atoms with E-state index in [0.29, 0.717) is 22.6 Å². The number of aliphatic hydroxyl groups is 1. The number of rotatable bonds is 7. The van der Waals surface area contributed by atoms with Gasteiger partial charge in [0.15, 0.2) is 17.0 Å². The third-order valence-electron chi connectivity index (χ3n) is 5.79. The summed E-state index contributed by atoms with van der Waals surface area (Å²) in [6.07, 6.45) is 9.84. The minimum Gasteiger partial charge on any atom is -0.396 e. The van der Waals surface area contributed by atoms with Crippen LogP contribution in [0.2, 0.25) is 0 Å². The van der Waals surface area contributed by atoms with Crippen molar-refractivity contribution in [2.24, 2.45) is 7.05 Å². The van der Waals surface area contributed by atoms with Crippen molar-refractivity contribution < 1.29 is 9.50 Å². The number of aliphatic hydroxyl groups excluding tert-OH is 1. The number of aromatic nitrogens is 4. The van der Waals surface area contributed by atoms with Crippen LogP contribution in [0.5, 0.6) is 0 Å². The van der Waals surface area contributed by atoms with Crippen molar-refractivity contribution in [3.63, 3.8) is 0 Å². The first-order chi connectivity index (χ1) is 15.5. The SMILES string of the molecule is CCC1=C(c2nc3c(c(=O)n(CCCO)c(=O)n3C)n2CC2=C=C=C(F)C=C2)CCC=C1. The van der Waals surface area contributed by atoms with Crippen LogP contribution in [0.3, 0.4) is 0 Å². The van der Waals surface area contributed by atoms with Crippen molar-refractivity contribution in [3.8, 4) is 0 Å². The maximum Gasteiger partial charge on any atom is 0.332 e. The molecule has 1 N–H and O–H groups in total. The number of hydrogen-bond donors (Lipinski definition) is 1. The van der Waals surface area contributed by atoms with Crippen LogP contribution >= 0.6 is 0 Å². The molecule has 0 fully saturated rings. The van der Waals surface area contributed by atoms with E-state index in [9.17, 15) is 19.1 Å². The zero-order chi connectivity index (χ0) is 22.8. The highest BCUT2D eigenvalue weighted by atomic mass is 19.1. The molecular weight excluding hydrogens is 411 g/mol. The topological polar surface area (TPSA) is 82.1 Å². The van der Waals surface area contributed by atoms with Gasteiger partial charge >= 0.3 is 5.69 Å². The van der Waals surface area contributed by atoms with E-state index in [-0.39, 0.29) is 26.1 Å². The van der Waals surface area contributed by atoms with Crippen LogP contribution in [-0.2, 0) is 20.1 Å². The summed E-state index contributed by atoms with van der Waals surface area (Å²) in [7, 11) is 1.59. The third-order valence-corrected chi connectivity index (χ3v) is 5.79. The van der Waals surface area contributed by atoms with Gasteiger partial charge in [-0.05, 0) is 54.7 Å². The van der Waals surface area contributed by atoms with E-state index in [1.165, 1.54) is 10.6 Å². The number of fused-ring (bicyclic) bond motifs is 1. The molecule has 8 heteroatoms. The highest BCUT2D eigenvalue weighted by molar-refractivity contribution is 5.78. The Bertz CT molecular complexity index is 1400. The van der Waals surface area contributed by atoms with Gasteiger partial charge in [0.25, 0.3) is 5.56 Å². The van der Waals surface area contributed by atoms with Crippen LogP contribution in [-0.4, -0.2) is 30.4 Å². The number of imidazole rings is 1. The normalized spacial score (nSPS) is 15.6.